The van der Waals surface area contributed by atoms with Gasteiger partial charge in [0.15, 0.2) is 0 Å². The molecule has 1 atom stereocenters. The van der Waals surface area contributed by atoms with Crippen molar-refractivity contribution in [3.05, 3.63) is 0 Å². The molecule has 0 aliphatic rings. The molecule has 4 nitrogen and oxygen atoms in total. The van der Waals surface area contributed by atoms with Gasteiger partial charge in [0.25, 0.3) is 0 Å². The third kappa shape index (κ3) is 6.08. The van der Waals surface area contributed by atoms with Gasteiger partial charge in [-0.05, 0) is 26.7 Å². The lowest BCUT2D eigenvalue weighted by molar-refractivity contribution is -0.124. The molecular weight excluding hydrogens is 190 g/mol. The second kappa shape index (κ2) is 5.72. The van der Waals surface area contributed by atoms with E-state index in [1.165, 1.54) is 0 Å². The summed E-state index contributed by atoms with van der Waals surface area (Å²) >= 11 is 0. The van der Waals surface area contributed by atoms with E-state index in [0.29, 0.717) is 0 Å². The fourth-order valence-corrected chi connectivity index (χ4v) is 1.24. The molecule has 0 aliphatic carbocycles. The van der Waals surface area contributed by atoms with Gasteiger partial charge in [-0.2, -0.15) is 5.26 Å². The molecule has 2 N–H and O–H groups in total. The zero-order valence-electron chi connectivity index (χ0n) is 10.2. The maximum atomic E-state index is 11.7. The van der Waals surface area contributed by atoms with Crippen LogP contribution in [0, 0.1) is 17.2 Å². The zero-order chi connectivity index (χ0) is 12.1. The molecule has 15 heavy (non-hydrogen) atoms. The van der Waals surface area contributed by atoms with Crippen LogP contribution in [0.3, 0.4) is 0 Å². The van der Waals surface area contributed by atoms with E-state index >= 15 is 0 Å². The van der Waals surface area contributed by atoms with Crippen LogP contribution < -0.4 is 10.6 Å². The summed E-state index contributed by atoms with van der Waals surface area (Å²) in [6.07, 6.45) is 0. The molecule has 0 saturated carbocycles. The molecule has 0 aromatic heterocycles. The Balaban J connectivity index is 4.41. The summed E-state index contributed by atoms with van der Waals surface area (Å²) in [6.45, 7) is 10.1. The van der Waals surface area contributed by atoms with Gasteiger partial charge in [-0.1, -0.05) is 13.8 Å². The Morgan fingerprint density at radius 2 is 1.93 bits per heavy atom. The van der Waals surface area contributed by atoms with E-state index in [9.17, 15) is 4.79 Å². The van der Waals surface area contributed by atoms with Crippen molar-refractivity contribution in [2.24, 2.45) is 5.92 Å². The summed E-state index contributed by atoms with van der Waals surface area (Å²) in [5.74, 6) is 0.0874. The lowest BCUT2D eigenvalue weighted by atomic mass is 9.99. The Bertz CT molecular complexity index is 248. The van der Waals surface area contributed by atoms with Gasteiger partial charge in [0.05, 0.1) is 12.1 Å². The van der Waals surface area contributed by atoms with Crippen LogP contribution in [0.1, 0.15) is 34.6 Å². The number of hydrogen-bond acceptors (Lipinski definition) is 3. The first-order valence-corrected chi connectivity index (χ1v) is 5.20. The summed E-state index contributed by atoms with van der Waals surface area (Å²) in [5, 5.41) is 14.2. The maximum Gasteiger partial charge on any atom is 0.238 e. The Morgan fingerprint density at radius 3 is 2.27 bits per heavy atom. The molecule has 4 heteroatoms. The predicted molar refractivity (Wildman–Crippen MR) is 60.1 cm³/mol. The van der Waals surface area contributed by atoms with Gasteiger partial charge in [-0.15, -0.1) is 0 Å². The van der Waals surface area contributed by atoms with Crippen LogP contribution in [0.4, 0.5) is 0 Å². The topological polar surface area (TPSA) is 64.9 Å². The number of rotatable bonds is 4. The summed E-state index contributed by atoms with van der Waals surface area (Å²) in [6, 6.07) is 1.64. The molecule has 0 rings (SSSR count). The first kappa shape index (κ1) is 13.9. The predicted octanol–water partition coefficient (Wildman–Crippen LogP) is 1.04. The first-order valence-electron chi connectivity index (χ1n) is 5.20. The molecule has 0 aromatic rings. The van der Waals surface area contributed by atoms with E-state index in [-0.39, 0.29) is 30.0 Å². The van der Waals surface area contributed by atoms with Crippen molar-refractivity contribution >= 4 is 5.91 Å². The quantitative estimate of drug-likeness (QED) is 0.683. The van der Waals surface area contributed by atoms with Crippen molar-refractivity contribution in [2.45, 2.75) is 46.2 Å². The van der Waals surface area contributed by atoms with Crippen molar-refractivity contribution in [3.63, 3.8) is 0 Å². The number of nitrogens with zero attached hydrogens (tertiary/aromatic N) is 1. The fourth-order valence-electron chi connectivity index (χ4n) is 1.24. The smallest absolute Gasteiger partial charge is 0.238 e. The minimum absolute atomic E-state index is 0.0634. The molecule has 0 heterocycles. The number of amides is 1. The van der Waals surface area contributed by atoms with Crippen LogP contribution in [0.5, 0.6) is 0 Å². The largest absolute Gasteiger partial charge is 0.342 e. The van der Waals surface area contributed by atoms with E-state index in [1.807, 2.05) is 40.7 Å². The third-order valence-corrected chi connectivity index (χ3v) is 1.88. The van der Waals surface area contributed by atoms with Crippen molar-refractivity contribution < 1.29 is 4.79 Å². The van der Waals surface area contributed by atoms with Crippen LogP contribution in [0.2, 0.25) is 0 Å². The highest BCUT2D eigenvalue weighted by Gasteiger charge is 2.25. The zero-order valence-corrected chi connectivity index (χ0v) is 10.2. The van der Waals surface area contributed by atoms with Crippen molar-refractivity contribution in [1.82, 2.24) is 10.6 Å². The number of nitriles is 1. The normalized spacial score (nSPS) is 13.4. The lowest BCUT2D eigenvalue weighted by Gasteiger charge is -2.30. The number of carbonyl (C=O) groups is 1. The SMILES string of the molecule is CC(C)C(NC(C)(C)C)C(=O)NCC#N. The Labute approximate surface area is 92.0 Å². The Morgan fingerprint density at radius 1 is 1.40 bits per heavy atom. The summed E-state index contributed by atoms with van der Waals surface area (Å²) in [5.41, 5.74) is -0.112. The monoisotopic (exact) mass is 211 g/mol. The average molecular weight is 211 g/mol. The molecule has 86 valence electrons. The molecular formula is C11H21N3O. The molecule has 0 spiro atoms. The highest BCUT2D eigenvalue weighted by molar-refractivity contribution is 5.82. The van der Waals surface area contributed by atoms with Crippen LogP contribution in [-0.2, 0) is 4.79 Å². The molecule has 0 fully saturated rings. The molecule has 1 amide bonds. The summed E-state index contributed by atoms with van der Waals surface area (Å²) in [4.78, 5) is 11.7. The molecule has 0 bridgehead atoms. The molecule has 0 radical (unpaired) electrons. The van der Waals surface area contributed by atoms with Gasteiger partial charge in [-0.3, -0.25) is 4.79 Å². The van der Waals surface area contributed by atoms with E-state index in [0.717, 1.165) is 0 Å². The van der Waals surface area contributed by atoms with Crippen LogP contribution in [0.25, 0.3) is 0 Å². The minimum Gasteiger partial charge on any atom is -0.342 e. The number of carbonyl (C=O) groups excluding carboxylic acids is 1. The molecule has 0 aliphatic heterocycles. The average Bonchev–Trinajstić information content (AvgIpc) is 2.08. The van der Waals surface area contributed by atoms with Crippen LogP contribution >= 0.6 is 0 Å². The molecule has 0 saturated heterocycles. The first-order chi connectivity index (χ1) is 6.78. The highest BCUT2D eigenvalue weighted by Crippen LogP contribution is 2.08. The van der Waals surface area contributed by atoms with E-state index in [1.54, 1.807) is 0 Å². The van der Waals surface area contributed by atoms with E-state index in [2.05, 4.69) is 10.6 Å². The van der Waals surface area contributed by atoms with Crippen molar-refractivity contribution in [1.29, 1.82) is 5.26 Å². The van der Waals surface area contributed by atoms with E-state index < -0.39 is 0 Å². The summed E-state index contributed by atoms with van der Waals surface area (Å²) in [7, 11) is 0. The van der Waals surface area contributed by atoms with E-state index in [4.69, 9.17) is 5.26 Å². The van der Waals surface area contributed by atoms with Crippen molar-refractivity contribution in [2.75, 3.05) is 6.54 Å². The number of hydrogen-bond donors (Lipinski definition) is 2. The second-order valence-corrected chi connectivity index (χ2v) is 4.99. The number of nitrogens with one attached hydrogen (secondary N) is 2. The third-order valence-electron chi connectivity index (χ3n) is 1.88. The standard InChI is InChI=1S/C11H21N3O/c1-8(2)9(14-11(3,4)5)10(15)13-7-6-12/h8-9,14H,7H2,1-5H3,(H,13,15). The Hall–Kier alpha value is -1.08. The van der Waals surface area contributed by atoms with Gasteiger partial charge in [0.2, 0.25) is 5.91 Å². The highest BCUT2D eigenvalue weighted by atomic mass is 16.2. The van der Waals surface area contributed by atoms with Gasteiger partial charge in [0.1, 0.15) is 6.54 Å². The van der Waals surface area contributed by atoms with Gasteiger partial charge >= 0.3 is 0 Å². The van der Waals surface area contributed by atoms with Gasteiger partial charge in [0, 0.05) is 5.54 Å². The maximum absolute atomic E-state index is 11.7. The van der Waals surface area contributed by atoms with Gasteiger partial charge in [-0.25, -0.2) is 0 Å². The molecule has 1 unspecified atom stereocenters. The Kier molecular flexibility index (Phi) is 5.31. The minimum atomic E-state index is -0.252. The van der Waals surface area contributed by atoms with Crippen LogP contribution in [0.15, 0.2) is 0 Å². The molecule has 0 aromatic carbocycles. The van der Waals surface area contributed by atoms with Gasteiger partial charge < -0.3 is 10.6 Å². The van der Waals surface area contributed by atoms with Crippen molar-refractivity contribution in [3.8, 4) is 6.07 Å². The second-order valence-electron chi connectivity index (χ2n) is 4.99. The fraction of sp³-hybridized carbons (Fsp3) is 0.818. The summed E-state index contributed by atoms with van der Waals surface area (Å²) < 4.78 is 0. The van der Waals surface area contributed by atoms with Crippen LogP contribution in [-0.4, -0.2) is 24.0 Å². The lowest BCUT2D eigenvalue weighted by Crippen LogP contribution is -2.54.